The number of ether oxygens (including phenoxy) is 3. The molecule has 2 aromatic rings. The summed E-state index contributed by atoms with van der Waals surface area (Å²) < 4.78 is 16.6. The molecule has 6 nitrogen and oxygen atoms in total. The van der Waals surface area contributed by atoms with Crippen molar-refractivity contribution in [2.45, 2.75) is 33.3 Å². The molecule has 0 spiro atoms. The van der Waals surface area contributed by atoms with Crippen LogP contribution in [0.3, 0.4) is 0 Å². The summed E-state index contributed by atoms with van der Waals surface area (Å²) >= 11 is 0. The number of allylic oxidation sites excluding steroid dienone is 1. The second-order valence-corrected chi connectivity index (χ2v) is 7.16. The monoisotopic (exact) mass is 367 g/mol. The van der Waals surface area contributed by atoms with Gasteiger partial charge in [0.1, 0.15) is 17.1 Å². The Bertz CT molecular complexity index is 910. The molecule has 6 heteroatoms. The molecule has 0 N–H and O–H groups in total. The molecule has 0 atom stereocenters. The smallest absolute Gasteiger partial charge is 0.344 e. The number of ketones is 1. The topological polar surface area (TPSA) is 74.7 Å². The Morgan fingerprint density at radius 1 is 1.19 bits per heavy atom. The number of hydrogen-bond donors (Lipinski definition) is 0. The number of pyridine rings is 1. The molecule has 0 bridgehead atoms. The molecule has 1 aromatic heterocycles. The van der Waals surface area contributed by atoms with E-state index in [4.69, 9.17) is 14.2 Å². The Kier molecular flexibility index (Phi) is 4.99. The fourth-order valence-electron chi connectivity index (χ4n) is 2.64. The Balaban J connectivity index is 1.77. The standard InChI is InChI=1S/C21H21NO5/c1-13-16(25-12-18(23)27-21(2,3)4)6-5-15-19(24)17(26-20(13)15)11-14-7-9-22-10-8-14/h5-11H,12H2,1-4H3/b17-11-. The van der Waals surface area contributed by atoms with Crippen molar-refractivity contribution in [2.75, 3.05) is 6.61 Å². The Morgan fingerprint density at radius 2 is 1.89 bits per heavy atom. The van der Waals surface area contributed by atoms with Crippen LogP contribution in [0, 0.1) is 6.92 Å². The first-order valence-electron chi connectivity index (χ1n) is 8.57. The molecule has 1 aliphatic heterocycles. The lowest BCUT2D eigenvalue weighted by atomic mass is 10.1. The van der Waals surface area contributed by atoms with Crippen LogP contribution in [0.4, 0.5) is 0 Å². The normalized spacial score (nSPS) is 14.7. The molecule has 0 unspecified atom stereocenters. The van der Waals surface area contributed by atoms with Crippen molar-refractivity contribution in [2.24, 2.45) is 0 Å². The molecule has 0 aliphatic carbocycles. The van der Waals surface area contributed by atoms with E-state index in [1.165, 1.54) is 0 Å². The number of aromatic nitrogens is 1. The van der Waals surface area contributed by atoms with Gasteiger partial charge in [-0.15, -0.1) is 0 Å². The van der Waals surface area contributed by atoms with Gasteiger partial charge in [-0.1, -0.05) is 0 Å². The van der Waals surface area contributed by atoms with Crippen molar-refractivity contribution in [1.29, 1.82) is 0 Å². The average molecular weight is 367 g/mol. The van der Waals surface area contributed by atoms with Crippen molar-refractivity contribution >= 4 is 17.8 Å². The van der Waals surface area contributed by atoms with Crippen LogP contribution in [0.15, 0.2) is 42.4 Å². The molecule has 140 valence electrons. The summed E-state index contributed by atoms with van der Waals surface area (Å²) in [6, 6.07) is 6.88. The van der Waals surface area contributed by atoms with E-state index in [9.17, 15) is 9.59 Å². The maximum absolute atomic E-state index is 12.6. The number of benzene rings is 1. The van der Waals surface area contributed by atoms with Crippen molar-refractivity contribution in [1.82, 2.24) is 4.98 Å². The molecule has 1 aromatic carbocycles. The highest BCUT2D eigenvalue weighted by Gasteiger charge is 2.30. The number of fused-ring (bicyclic) bond motifs is 1. The van der Waals surface area contributed by atoms with E-state index in [0.29, 0.717) is 22.6 Å². The lowest BCUT2D eigenvalue weighted by Crippen LogP contribution is -2.27. The fraction of sp³-hybridized carbons (Fsp3) is 0.286. The van der Waals surface area contributed by atoms with Crippen LogP contribution in [0.25, 0.3) is 6.08 Å². The van der Waals surface area contributed by atoms with Crippen molar-refractivity contribution in [3.63, 3.8) is 0 Å². The van der Waals surface area contributed by atoms with Gasteiger partial charge in [0.05, 0.1) is 5.56 Å². The number of hydrogen-bond acceptors (Lipinski definition) is 6. The van der Waals surface area contributed by atoms with Crippen LogP contribution in [-0.2, 0) is 9.53 Å². The predicted octanol–water partition coefficient (Wildman–Crippen LogP) is 3.73. The zero-order valence-corrected chi connectivity index (χ0v) is 15.7. The maximum atomic E-state index is 12.6. The van der Waals surface area contributed by atoms with Gasteiger partial charge in [0.25, 0.3) is 0 Å². The van der Waals surface area contributed by atoms with Crippen LogP contribution in [0.1, 0.15) is 42.3 Å². The van der Waals surface area contributed by atoms with Crippen molar-refractivity contribution < 1.29 is 23.8 Å². The van der Waals surface area contributed by atoms with Crippen LogP contribution in [0.2, 0.25) is 0 Å². The zero-order valence-electron chi connectivity index (χ0n) is 15.7. The predicted molar refractivity (Wildman–Crippen MR) is 99.7 cm³/mol. The van der Waals surface area contributed by atoms with E-state index < -0.39 is 11.6 Å². The third-order valence-electron chi connectivity index (χ3n) is 3.81. The Labute approximate surface area is 157 Å². The number of carbonyl (C=O) groups is 2. The van der Waals surface area contributed by atoms with Crippen LogP contribution in [0.5, 0.6) is 11.5 Å². The number of nitrogens with zero attached hydrogens (tertiary/aromatic N) is 1. The van der Waals surface area contributed by atoms with Gasteiger partial charge in [-0.2, -0.15) is 0 Å². The zero-order chi connectivity index (χ0) is 19.6. The highest BCUT2D eigenvalue weighted by Crippen LogP contribution is 2.39. The summed E-state index contributed by atoms with van der Waals surface area (Å²) in [7, 11) is 0. The molecule has 3 rings (SSSR count). The number of carbonyl (C=O) groups excluding carboxylic acids is 2. The Morgan fingerprint density at radius 3 is 2.56 bits per heavy atom. The first kappa shape index (κ1) is 18.6. The summed E-state index contributed by atoms with van der Waals surface area (Å²) in [6.45, 7) is 6.95. The molecule has 1 aliphatic rings. The van der Waals surface area contributed by atoms with Crippen molar-refractivity contribution in [3.05, 3.63) is 59.1 Å². The number of rotatable bonds is 4. The molecule has 0 saturated carbocycles. The van der Waals surface area contributed by atoms with Gasteiger partial charge in [-0.25, -0.2) is 4.79 Å². The molecular formula is C21H21NO5. The van der Waals surface area contributed by atoms with Gasteiger partial charge in [-0.3, -0.25) is 9.78 Å². The first-order valence-corrected chi connectivity index (χ1v) is 8.57. The van der Waals surface area contributed by atoms with E-state index >= 15 is 0 Å². The average Bonchev–Trinajstić information content (AvgIpc) is 2.91. The largest absolute Gasteiger partial charge is 0.481 e. The summed E-state index contributed by atoms with van der Waals surface area (Å²) in [5.74, 6) is 0.504. The first-order chi connectivity index (χ1) is 12.7. The van der Waals surface area contributed by atoms with Gasteiger partial charge in [0.15, 0.2) is 12.4 Å². The lowest BCUT2D eigenvalue weighted by molar-refractivity contribution is -0.157. The van der Waals surface area contributed by atoms with Crippen molar-refractivity contribution in [3.8, 4) is 11.5 Å². The third-order valence-corrected chi connectivity index (χ3v) is 3.81. The summed E-state index contributed by atoms with van der Waals surface area (Å²) in [5.41, 5.74) is 1.37. The minimum atomic E-state index is -0.574. The van der Waals surface area contributed by atoms with Gasteiger partial charge < -0.3 is 14.2 Å². The molecule has 27 heavy (non-hydrogen) atoms. The summed E-state index contributed by atoms with van der Waals surface area (Å²) in [6.07, 6.45) is 4.96. The Hall–Kier alpha value is -3.15. The van der Waals surface area contributed by atoms with Gasteiger partial charge in [0.2, 0.25) is 5.78 Å². The quantitative estimate of drug-likeness (QED) is 0.605. The number of esters is 1. The van der Waals surface area contributed by atoms with E-state index in [1.807, 2.05) is 0 Å². The fourth-order valence-corrected chi connectivity index (χ4v) is 2.64. The van der Waals surface area contributed by atoms with Crippen LogP contribution >= 0.6 is 0 Å². The number of Topliss-reactive ketones (excluding diaryl/α,β-unsaturated/α-hetero) is 1. The summed E-state index contributed by atoms with van der Waals surface area (Å²) in [5, 5.41) is 0. The van der Waals surface area contributed by atoms with E-state index in [0.717, 1.165) is 5.56 Å². The molecule has 0 radical (unpaired) electrons. The minimum absolute atomic E-state index is 0.191. The van der Waals surface area contributed by atoms with Crippen LogP contribution in [-0.4, -0.2) is 28.9 Å². The molecule has 0 amide bonds. The van der Waals surface area contributed by atoms with Gasteiger partial charge in [-0.05, 0) is 63.6 Å². The van der Waals surface area contributed by atoms with E-state index in [1.54, 1.807) is 70.4 Å². The molecule has 0 fully saturated rings. The minimum Gasteiger partial charge on any atom is -0.481 e. The van der Waals surface area contributed by atoms with E-state index in [2.05, 4.69) is 4.98 Å². The molecule has 0 saturated heterocycles. The maximum Gasteiger partial charge on any atom is 0.344 e. The lowest BCUT2D eigenvalue weighted by Gasteiger charge is -2.19. The molecular weight excluding hydrogens is 346 g/mol. The molecule has 2 heterocycles. The second-order valence-electron chi connectivity index (χ2n) is 7.16. The SMILES string of the molecule is Cc1c(OCC(=O)OC(C)(C)C)ccc2c1O/C(=C\c1ccncc1)C2=O. The van der Waals surface area contributed by atoms with Gasteiger partial charge >= 0.3 is 5.97 Å². The second kappa shape index (κ2) is 7.23. The summed E-state index contributed by atoms with van der Waals surface area (Å²) in [4.78, 5) is 28.4. The van der Waals surface area contributed by atoms with Crippen LogP contribution < -0.4 is 9.47 Å². The van der Waals surface area contributed by atoms with Gasteiger partial charge in [0, 0.05) is 18.0 Å². The highest BCUT2D eigenvalue weighted by molar-refractivity contribution is 6.14. The third kappa shape index (κ3) is 4.34. The highest BCUT2D eigenvalue weighted by atomic mass is 16.6. The van der Waals surface area contributed by atoms with E-state index in [-0.39, 0.29) is 18.1 Å².